The fraction of sp³-hybridized carbons (Fsp3) is 0.611. The number of benzene rings is 1. The van der Waals surface area contributed by atoms with E-state index in [1.807, 2.05) is 6.07 Å². The SMILES string of the molecule is CC(C)(C)C1=[N+](CCCCS(=O)(=O)O)c2ccccc2C1(C)C. The van der Waals surface area contributed by atoms with Crippen molar-refractivity contribution in [3.05, 3.63) is 29.8 Å². The van der Waals surface area contributed by atoms with Gasteiger partial charge in [-0.2, -0.15) is 13.0 Å². The van der Waals surface area contributed by atoms with Crippen LogP contribution < -0.4 is 0 Å². The zero-order chi connectivity index (χ0) is 17.5. The summed E-state index contributed by atoms with van der Waals surface area (Å²) in [6.07, 6.45) is 1.19. The van der Waals surface area contributed by atoms with Crippen LogP contribution in [0.1, 0.15) is 53.0 Å². The van der Waals surface area contributed by atoms with Gasteiger partial charge in [-0.15, -0.1) is 0 Å². The van der Waals surface area contributed by atoms with Crippen molar-refractivity contribution >= 4 is 21.5 Å². The molecule has 0 unspecified atom stereocenters. The van der Waals surface area contributed by atoms with Gasteiger partial charge in [-0.3, -0.25) is 4.55 Å². The predicted octanol–water partition coefficient (Wildman–Crippen LogP) is 3.78. The molecule has 0 aromatic heterocycles. The lowest BCUT2D eigenvalue weighted by molar-refractivity contribution is -0.443. The third kappa shape index (κ3) is 3.83. The van der Waals surface area contributed by atoms with Crippen LogP contribution in [0.4, 0.5) is 5.69 Å². The van der Waals surface area contributed by atoms with E-state index in [0.717, 1.165) is 13.0 Å². The number of rotatable bonds is 5. The summed E-state index contributed by atoms with van der Waals surface area (Å²) < 4.78 is 33.0. The molecule has 1 aromatic carbocycles. The molecular weight excluding hydrogens is 310 g/mol. The Morgan fingerprint density at radius 3 is 2.30 bits per heavy atom. The second-order valence-corrected chi connectivity index (χ2v) is 9.46. The highest BCUT2D eigenvalue weighted by Crippen LogP contribution is 2.44. The van der Waals surface area contributed by atoms with Crippen LogP contribution in [0, 0.1) is 5.41 Å². The summed E-state index contributed by atoms with van der Waals surface area (Å²) >= 11 is 0. The first kappa shape index (κ1) is 18.1. The topological polar surface area (TPSA) is 57.4 Å². The van der Waals surface area contributed by atoms with E-state index in [-0.39, 0.29) is 16.6 Å². The first-order valence-electron chi connectivity index (χ1n) is 8.15. The molecule has 1 aliphatic rings. The molecule has 1 N–H and O–H groups in total. The Kier molecular flexibility index (Phi) is 4.75. The van der Waals surface area contributed by atoms with Crippen LogP contribution in [-0.4, -0.2) is 35.6 Å². The maximum absolute atomic E-state index is 10.9. The van der Waals surface area contributed by atoms with Crippen LogP contribution in [-0.2, 0) is 15.5 Å². The van der Waals surface area contributed by atoms with Crippen LogP contribution in [0.15, 0.2) is 24.3 Å². The average molecular weight is 338 g/mol. The van der Waals surface area contributed by atoms with Gasteiger partial charge in [0, 0.05) is 23.5 Å². The number of unbranched alkanes of at least 4 members (excludes halogenated alkanes) is 1. The Morgan fingerprint density at radius 1 is 1.13 bits per heavy atom. The van der Waals surface area contributed by atoms with E-state index in [1.54, 1.807) is 0 Å². The number of hydrogen-bond acceptors (Lipinski definition) is 2. The van der Waals surface area contributed by atoms with Crippen LogP contribution >= 0.6 is 0 Å². The minimum Gasteiger partial charge on any atom is -0.286 e. The molecule has 2 rings (SSSR count). The molecular formula is C18H28NO3S+. The molecule has 0 saturated carbocycles. The Balaban J connectivity index is 2.35. The van der Waals surface area contributed by atoms with Gasteiger partial charge in [0.05, 0.1) is 11.2 Å². The van der Waals surface area contributed by atoms with Gasteiger partial charge < -0.3 is 0 Å². The Hall–Kier alpha value is -1.20. The van der Waals surface area contributed by atoms with Crippen molar-refractivity contribution in [3.63, 3.8) is 0 Å². The van der Waals surface area contributed by atoms with Crippen molar-refractivity contribution in [2.45, 2.75) is 52.9 Å². The van der Waals surface area contributed by atoms with Crippen molar-refractivity contribution in [2.24, 2.45) is 5.41 Å². The summed E-state index contributed by atoms with van der Waals surface area (Å²) in [5.41, 5.74) is 3.87. The molecule has 0 saturated heterocycles. The molecule has 0 radical (unpaired) electrons. The number of nitrogens with zero attached hydrogens (tertiary/aromatic N) is 1. The van der Waals surface area contributed by atoms with Gasteiger partial charge in [0.1, 0.15) is 6.54 Å². The monoisotopic (exact) mass is 338 g/mol. The zero-order valence-electron chi connectivity index (χ0n) is 14.8. The second kappa shape index (κ2) is 6.02. The first-order valence-corrected chi connectivity index (χ1v) is 9.75. The minimum atomic E-state index is -3.87. The van der Waals surface area contributed by atoms with E-state index < -0.39 is 10.1 Å². The smallest absolute Gasteiger partial charge is 0.264 e. The van der Waals surface area contributed by atoms with E-state index in [9.17, 15) is 8.42 Å². The standard InChI is InChI=1S/C18H27NO3S/c1-17(2,3)16-18(4,5)14-10-6-7-11-15(14)19(16)12-8-9-13-23(20,21)22/h6-7,10-11H,8-9,12-13H2,1-5H3/p+1. The van der Waals surface area contributed by atoms with E-state index in [2.05, 4.69) is 57.4 Å². The number of para-hydroxylation sites is 1. The van der Waals surface area contributed by atoms with E-state index >= 15 is 0 Å². The highest BCUT2D eigenvalue weighted by molar-refractivity contribution is 7.85. The Bertz CT molecular complexity index is 725. The average Bonchev–Trinajstić information content (AvgIpc) is 2.62. The molecule has 23 heavy (non-hydrogen) atoms. The largest absolute Gasteiger partial charge is 0.286 e. The fourth-order valence-electron chi connectivity index (χ4n) is 3.95. The summed E-state index contributed by atoms with van der Waals surface area (Å²) in [7, 11) is -3.87. The van der Waals surface area contributed by atoms with E-state index in [4.69, 9.17) is 4.55 Å². The summed E-state index contributed by atoms with van der Waals surface area (Å²) in [4.78, 5) is 0. The normalized spacial score (nSPS) is 17.5. The third-order valence-corrected chi connectivity index (χ3v) is 5.28. The van der Waals surface area contributed by atoms with Crippen molar-refractivity contribution in [2.75, 3.05) is 12.3 Å². The Labute approximate surface area is 140 Å². The van der Waals surface area contributed by atoms with Crippen LogP contribution in [0.3, 0.4) is 0 Å². The fourth-order valence-corrected chi connectivity index (χ4v) is 4.52. The number of hydrogen-bond donors (Lipinski definition) is 1. The van der Waals surface area contributed by atoms with Gasteiger partial charge >= 0.3 is 0 Å². The molecule has 1 aromatic rings. The second-order valence-electron chi connectivity index (χ2n) is 7.89. The summed E-state index contributed by atoms with van der Waals surface area (Å²) in [5, 5.41) is 0. The molecule has 1 aliphatic heterocycles. The highest BCUT2D eigenvalue weighted by Gasteiger charge is 2.50. The maximum atomic E-state index is 10.9. The van der Waals surface area contributed by atoms with Gasteiger partial charge in [0.25, 0.3) is 10.1 Å². The molecule has 128 valence electrons. The molecule has 0 atom stereocenters. The quantitative estimate of drug-likeness (QED) is 0.505. The van der Waals surface area contributed by atoms with Crippen molar-refractivity contribution in [1.29, 1.82) is 0 Å². The highest BCUT2D eigenvalue weighted by atomic mass is 32.2. The van der Waals surface area contributed by atoms with Gasteiger partial charge in [-0.05, 0) is 20.3 Å². The molecule has 0 spiro atoms. The summed E-state index contributed by atoms with van der Waals surface area (Å²) in [5.74, 6) is -0.170. The van der Waals surface area contributed by atoms with Crippen molar-refractivity contribution < 1.29 is 17.5 Å². The lowest BCUT2D eigenvalue weighted by atomic mass is 9.71. The summed E-state index contributed by atoms with van der Waals surface area (Å²) in [6.45, 7) is 11.9. The van der Waals surface area contributed by atoms with Gasteiger partial charge in [-0.1, -0.05) is 39.0 Å². The van der Waals surface area contributed by atoms with Gasteiger partial charge in [-0.25, -0.2) is 0 Å². The molecule has 4 nitrogen and oxygen atoms in total. The van der Waals surface area contributed by atoms with Crippen molar-refractivity contribution in [3.8, 4) is 0 Å². The summed E-state index contributed by atoms with van der Waals surface area (Å²) in [6, 6.07) is 8.44. The third-order valence-electron chi connectivity index (χ3n) is 4.47. The molecule has 0 aliphatic carbocycles. The number of fused-ring (bicyclic) bond motifs is 1. The molecule has 0 bridgehead atoms. The lowest BCUT2D eigenvalue weighted by Crippen LogP contribution is -2.39. The van der Waals surface area contributed by atoms with Crippen molar-refractivity contribution in [1.82, 2.24) is 0 Å². The lowest BCUT2D eigenvalue weighted by Gasteiger charge is -2.27. The van der Waals surface area contributed by atoms with E-state index in [1.165, 1.54) is 17.0 Å². The van der Waals surface area contributed by atoms with Crippen LogP contribution in [0.5, 0.6) is 0 Å². The molecule has 0 amide bonds. The van der Waals surface area contributed by atoms with Crippen LogP contribution in [0.25, 0.3) is 0 Å². The van der Waals surface area contributed by atoms with E-state index in [0.29, 0.717) is 6.42 Å². The predicted molar refractivity (Wildman–Crippen MR) is 94.4 cm³/mol. The minimum absolute atomic E-state index is 0.0194. The first-order chi connectivity index (χ1) is 10.4. The zero-order valence-corrected chi connectivity index (χ0v) is 15.6. The van der Waals surface area contributed by atoms with Gasteiger partial charge in [0.15, 0.2) is 5.71 Å². The van der Waals surface area contributed by atoms with Gasteiger partial charge in [0.2, 0.25) is 5.69 Å². The maximum Gasteiger partial charge on any atom is 0.264 e. The molecule has 0 fully saturated rings. The Morgan fingerprint density at radius 2 is 1.74 bits per heavy atom. The van der Waals surface area contributed by atoms with Crippen LogP contribution in [0.2, 0.25) is 0 Å². The molecule has 1 heterocycles. The molecule has 5 heteroatoms.